The molecule has 0 bridgehead atoms. The van der Waals surface area contributed by atoms with Gasteiger partial charge in [0.05, 0.1) is 12.7 Å². The smallest absolute Gasteiger partial charge is 0.325 e. The van der Waals surface area contributed by atoms with Gasteiger partial charge in [0.15, 0.2) is 0 Å². The number of carbonyl (C=O) groups excluding carboxylic acids is 1. The molecule has 0 spiro atoms. The molecule has 1 saturated heterocycles. The second-order valence-corrected chi connectivity index (χ2v) is 5.54. The predicted octanol–water partition coefficient (Wildman–Crippen LogP) is 1.49. The van der Waals surface area contributed by atoms with Crippen molar-refractivity contribution in [2.75, 3.05) is 26.4 Å². The molecule has 0 aromatic carbocycles. The third kappa shape index (κ3) is 5.89. The van der Waals surface area contributed by atoms with Gasteiger partial charge < -0.3 is 19.9 Å². The Bertz CT molecular complexity index is 275. The standard InChI is InChI=1S/C14H27NO4/c1-4-18-13(16)14(3,15)9-11(2)19-10-12-5-7-17-8-6-12/h11-12H,4-10,15H2,1-3H3. The Labute approximate surface area is 115 Å². The van der Waals surface area contributed by atoms with Crippen LogP contribution in [0.25, 0.3) is 0 Å². The SMILES string of the molecule is CCOC(=O)C(C)(N)CC(C)OCC1CCOCC1. The monoisotopic (exact) mass is 273 g/mol. The molecule has 1 heterocycles. The molecule has 19 heavy (non-hydrogen) atoms. The van der Waals surface area contributed by atoms with Crippen molar-refractivity contribution in [1.82, 2.24) is 0 Å². The summed E-state index contributed by atoms with van der Waals surface area (Å²) in [5, 5.41) is 0. The lowest BCUT2D eigenvalue weighted by atomic mass is 9.96. The maximum Gasteiger partial charge on any atom is 0.325 e. The van der Waals surface area contributed by atoms with Gasteiger partial charge in [-0.15, -0.1) is 0 Å². The number of hydrogen-bond donors (Lipinski definition) is 1. The van der Waals surface area contributed by atoms with Gasteiger partial charge in [0.2, 0.25) is 0 Å². The van der Waals surface area contributed by atoms with Gasteiger partial charge in [-0.25, -0.2) is 0 Å². The highest BCUT2D eigenvalue weighted by Gasteiger charge is 2.32. The lowest BCUT2D eigenvalue weighted by molar-refractivity contribution is -0.150. The van der Waals surface area contributed by atoms with Crippen molar-refractivity contribution in [2.24, 2.45) is 11.7 Å². The number of nitrogens with two attached hydrogens (primary N) is 1. The van der Waals surface area contributed by atoms with Gasteiger partial charge >= 0.3 is 5.97 Å². The molecular formula is C14H27NO4. The lowest BCUT2D eigenvalue weighted by Gasteiger charge is -2.28. The van der Waals surface area contributed by atoms with E-state index in [1.165, 1.54) is 0 Å². The molecule has 0 aliphatic carbocycles. The van der Waals surface area contributed by atoms with E-state index in [1.54, 1.807) is 13.8 Å². The summed E-state index contributed by atoms with van der Waals surface area (Å²) in [5.41, 5.74) is 5.00. The minimum atomic E-state index is -0.981. The molecular weight excluding hydrogens is 246 g/mol. The Morgan fingerprint density at radius 1 is 1.47 bits per heavy atom. The molecule has 0 aromatic heterocycles. The van der Waals surface area contributed by atoms with Gasteiger partial charge in [-0.2, -0.15) is 0 Å². The average Bonchev–Trinajstić information content (AvgIpc) is 2.37. The first-order chi connectivity index (χ1) is 8.95. The van der Waals surface area contributed by atoms with Crippen molar-refractivity contribution in [3.8, 4) is 0 Å². The van der Waals surface area contributed by atoms with E-state index in [2.05, 4.69) is 0 Å². The highest BCUT2D eigenvalue weighted by Crippen LogP contribution is 2.18. The zero-order valence-electron chi connectivity index (χ0n) is 12.3. The van der Waals surface area contributed by atoms with Crippen LogP contribution in [-0.4, -0.2) is 44.0 Å². The third-order valence-electron chi connectivity index (χ3n) is 3.41. The molecule has 1 fully saturated rings. The van der Waals surface area contributed by atoms with Crippen molar-refractivity contribution in [3.63, 3.8) is 0 Å². The van der Waals surface area contributed by atoms with Crippen molar-refractivity contribution in [2.45, 2.75) is 51.7 Å². The van der Waals surface area contributed by atoms with Crippen LogP contribution >= 0.6 is 0 Å². The summed E-state index contributed by atoms with van der Waals surface area (Å²) in [6.07, 6.45) is 2.51. The van der Waals surface area contributed by atoms with E-state index < -0.39 is 5.54 Å². The largest absolute Gasteiger partial charge is 0.465 e. The van der Waals surface area contributed by atoms with Gasteiger partial charge in [-0.05, 0) is 39.5 Å². The first kappa shape index (κ1) is 16.4. The molecule has 1 aliphatic heterocycles. The molecule has 5 heteroatoms. The van der Waals surface area contributed by atoms with E-state index >= 15 is 0 Å². The Hall–Kier alpha value is -0.650. The fraction of sp³-hybridized carbons (Fsp3) is 0.929. The van der Waals surface area contributed by atoms with Crippen LogP contribution in [0.3, 0.4) is 0 Å². The molecule has 2 atom stereocenters. The maximum atomic E-state index is 11.7. The number of carbonyl (C=O) groups is 1. The molecule has 0 radical (unpaired) electrons. The van der Waals surface area contributed by atoms with Gasteiger partial charge in [0.25, 0.3) is 0 Å². The van der Waals surface area contributed by atoms with Crippen LogP contribution < -0.4 is 5.73 Å². The lowest BCUT2D eigenvalue weighted by Crippen LogP contribution is -2.48. The fourth-order valence-electron chi connectivity index (χ4n) is 2.25. The summed E-state index contributed by atoms with van der Waals surface area (Å²) in [7, 11) is 0. The number of ether oxygens (including phenoxy) is 3. The molecule has 5 nitrogen and oxygen atoms in total. The summed E-state index contributed by atoms with van der Waals surface area (Å²) in [6.45, 7) is 8.12. The normalized spacial score (nSPS) is 21.7. The molecule has 2 unspecified atom stereocenters. The molecule has 0 amide bonds. The van der Waals surface area contributed by atoms with Crippen LogP contribution in [0.4, 0.5) is 0 Å². The van der Waals surface area contributed by atoms with E-state index in [4.69, 9.17) is 19.9 Å². The van der Waals surface area contributed by atoms with E-state index in [0.717, 1.165) is 26.1 Å². The first-order valence-corrected chi connectivity index (χ1v) is 7.11. The Kier molecular flexibility index (Phi) is 6.75. The molecule has 0 saturated carbocycles. The van der Waals surface area contributed by atoms with Crippen molar-refractivity contribution in [3.05, 3.63) is 0 Å². The first-order valence-electron chi connectivity index (χ1n) is 7.11. The fourth-order valence-corrected chi connectivity index (χ4v) is 2.25. The number of hydrogen-bond acceptors (Lipinski definition) is 5. The van der Waals surface area contributed by atoms with Crippen molar-refractivity contribution < 1.29 is 19.0 Å². The summed E-state index contributed by atoms with van der Waals surface area (Å²) in [6, 6.07) is 0. The van der Waals surface area contributed by atoms with E-state index in [-0.39, 0.29) is 12.1 Å². The second kappa shape index (κ2) is 7.82. The van der Waals surface area contributed by atoms with Crippen LogP contribution in [0.15, 0.2) is 0 Å². The van der Waals surface area contributed by atoms with E-state index in [0.29, 0.717) is 25.6 Å². The molecule has 2 N–H and O–H groups in total. The van der Waals surface area contributed by atoms with Crippen LogP contribution in [0.2, 0.25) is 0 Å². The minimum Gasteiger partial charge on any atom is -0.465 e. The topological polar surface area (TPSA) is 70.8 Å². The van der Waals surface area contributed by atoms with E-state index in [1.807, 2.05) is 6.92 Å². The Morgan fingerprint density at radius 2 is 2.11 bits per heavy atom. The summed E-state index contributed by atoms with van der Waals surface area (Å²) in [5.74, 6) is 0.194. The van der Waals surface area contributed by atoms with Crippen LogP contribution in [0.1, 0.15) is 40.0 Å². The zero-order chi connectivity index (χ0) is 14.3. The summed E-state index contributed by atoms with van der Waals surface area (Å²) in [4.78, 5) is 11.7. The van der Waals surface area contributed by atoms with Crippen LogP contribution in [0, 0.1) is 5.92 Å². The van der Waals surface area contributed by atoms with Crippen molar-refractivity contribution >= 4 is 5.97 Å². The van der Waals surface area contributed by atoms with Gasteiger partial charge in [-0.3, -0.25) is 4.79 Å². The summed E-state index contributed by atoms with van der Waals surface area (Å²) < 4.78 is 16.1. The predicted molar refractivity (Wildman–Crippen MR) is 72.8 cm³/mol. The molecule has 0 aromatic rings. The molecule has 1 aliphatic rings. The highest BCUT2D eigenvalue weighted by atomic mass is 16.5. The molecule has 1 rings (SSSR count). The van der Waals surface area contributed by atoms with E-state index in [9.17, 15) is 4.79 Å². The zero-order valence-corrected chi connectivity index (χ0v) is 12.3. The van der Waals surface area contributed by atoms with Crippen LogP contribution in [0.5, 0.6) is 0 Å². The van der Waals surface area contributed by atoms with Gasteiger partial charge in [0.1, 0.15) is 5.54 Å². The van der Waals surface area contributed by atoms with Gasteiger partial charge in [-0.1, -0.05) is 0 Å². The second-order valence-electron chi connectivity index (χ2n) is 5.54. The highest BCUT2D eigenvalue weighted by molar-refractivity contribution is 5.80. The summed E-state index contributed by atoms with van der Waals surface area (Å²) >= 11 is 0. The van der Waals surface area contributed by atoms with Crippen molar-refractivity contribution in [1.29, 1.82) is 0 Å². The quantitative estimate of drug-likeness (QED) is 0.712. The van der Waals surface area contributed by atoms with Gasteiger partial charge in [0, 0.05) is 26.2 Å². The maximum absolute atomic E-state index is 11.7. The van der Waals surface area contributed by atoms with Crippen LogP contribution in [-0.2, 0) is 19.0 Å². The molecule has 112 valence electrons. The number of rotatable bonds is 7. The minimum absolute atomic E-state index is 0.0535. The average molecular weight is 273 g/mol. The Morgan fingerprint density at radius 3 is 2.68 bits per heavy atom. The Balaban J connectivity index is 2.28. The number of esters is 1. The third-order valence-corrected chi connectivity index (χ3v) is 3.41.